The molecule has 5 nitrogen and oxygen atoms in total. The molecule has 1 saturated carbocycles. The number of nitrogens with zero attached hydrogens (tertiary/aromatic N) is 1. The van der Waals surface area contributed by atoms with E-state index in [4.69, 9.17) is 14.5 Å². The lowest BCUT2D eigenvalue weighted by Crippen LogP contribution is -2.55. The van der Waals surface area contributed by atoms with E-state index in [9.17, 15) is 9.90 Å². The highest BCUT2D eigenvalue weighted by Crippen LogP contribution is 2.49. The van der Waals surface area contributed by atoms with Crippen LogP contribution in [0, 0.1) is 19.8 Å². The molecule has 1 N–H and O–H groups in total. The number of fused-ring (bicyclic) bond motifs is 2. The first-order valence-electron chi connectivity index (χ1n) is 11.4. The Kier molecular flexibility index (Phi) is 4.71. The van der Waals surface area contributed by atoms with Crippen molar-refractivity contribution in [2.45, 2.75) is 38.7 Å². The van der Waals surface area contributed by atoms with Gasteiger partial charge in [-0.3, -0.25) is 0 Å². The Labute approximate surface area is 196 Å². The predicted octanol–water partition coefficient (Wildman–Crippen LogP) is 6.38. The quantitative estimate of drug-likeness (QED) is 0.375. The first-order valence-corrected chi connectivity index (χ1v) is 12.2. The molecule has 2 aromatic heterocycles. The molecule has 2 aliphatic rings. The smallest absolute Gasteiger partial charge is 0.336 e. The van der Waals surface area contributed by atoms with Crippen LogP contribution in [0.15, 0.2) is 42.5 Å². The summed E-state index contributed by atoms with van der Waals surface area (Å²) in [5, 5.41) is 11.9. The number of hydrogen-bond donors (Lipinski definition) is 1. The van der Waals surface area contributed by atoms with Gasteiger partial charge in [0.15, 0.2) is 0 Å². The van der Waals surface area contributed by atoms with Gasteiger partial charge < -0.3 is 14.6 Å². The van der Waals surface area contributed by atoms with E-state index in [2.05, 4.69) is 19.1 Å². The van der Waals surface area contributed by atoms with Gasteiger partial charge in [-0.2, -0.15) is 0 Å². The van der Waals surface area contributed by atoms with Crippen LogP contribution >= 0.6 is 11.3 Å². The number of carbonyl (C=O) groups is 1. The van der Waals surface area contributed by atoms with E-state index in [1.54, 1.807) is 17.4 Å². The average molecular weight is 460 g/mol. The van der Waals surface area contributed by atoms with Crippen molar-refractivity contribution in [1.82, 2.24) is 4.98 Å². The molecular formula is C27H25NO4S. The van der Waals surface area contributed by atoms with E-state index in [-0.39, 0.29) is 11.2 Å². The van der Waals surface area contributed by atoms with Crippen molar-refractivity contribution >= 4 is 38.3 Å². The summed E-state index contributed by atoms with van der Waals surface area (Å²) in [5.41, 5.74) is 3.78. The first kappa shape index (κ1) is 20.6. The summed E-state index contributed by atoms with van der Waals surface area (Å²) >= 11 is 1.65. The third-order valence-electron chi connectivity index (χ3n) is 7.19. The molecule has 2 fully saturated rings. The van der Waals surface area contributed by atoms with Crippen molar-refractivity contribution < 1.29 is 19.4 Å². The number of ether oxygens (including phenoxy) is 2. The van der Waals surface area contributed by atoms with E-state index in [1.807, 2.05) is 31.2 Å². The van der Waals surface area contributed by atoms with Crippen LogP contribution in [0.25, 0.3) is 31.6 Å². The second kappa shape index (κ2) is 7.54. The zero-order valence-corrected chi connectivity index (χ0v) is 19.5. The summed E-state index contributed by atoms with van der Waals surface area (Å²) in [7, 11) is 0. The number of thiophene rings is 1. The minimum absolute atomic E-state index is 0.105. The number of benzene rings is 2. The summed E-state index contributed by atoms with van der Waals surface area (Å²) in [6, 6.07) is 13.8. The Morgan fingerprint density at radius 2 is 2.03 bits per heavy atom. The van der Waals surface area contributed by atoms with Crippen LogP contribution in [0.3, 0.4) is 0 Å². The normalized spacial score (nSPS) is 21.8. The van der Waals surface area contributed by atoms with Gasteiger partial charge in [0.25, 0.3) is 0 Å². The molecule has 2 aromatic carbocycles. The van der Waals surface area contributed by atoms with Crippen LogP contribution in [0.2, 0.25) is 0 Å². The number of hydrogen-bond acceptors (Lipinski definition) is 5. The second-order valence-corrected chi connectivity index (χ2v) is 10.4. The van der Waals surface area contributed by atoms with Gasteiger partial charge in [0, 0.05) is 4.70 Å². The number of aromatic carboxylic acids is 1. The summed E-state index contributed by atoms with van der Waals surface area (Å²) in [5.74, 6) is 0.0716. The summed E-state index contributed by atoms with van der Waals surface area (Å²) in [6.07, 6.45) is 3.19. The van der Waals surface area contributed by atoms with E-state index >= 15 is 0 Å². The van der Waals surface area contributed by atoms with Crippen molar-refractivity contribution in [2.75, 3.05) is 13.2 Å². The lowest BCUT2D eigenvalue weighted by molar-refractivity contribution is -0.216. The van der Waals surface area contributed by atoms with Crippen LogP contribution < -0.4 is 4.74 Å². The van der Waals surface area contributed by atoms with Crippen LogP contribution in [0.4, 0.5) is 0 Å². The Morgan fingerprint density at radius 3 is 2.73 bits per heavy atom. The highest BCUT2D eigenvalue weighted by molar-refractivity contribution is 7.22. The SMILES string of the molecule is Cc1c(-c2cc(C(=O)O)c3c(OC[C@H]4C[C@]5(CCO5)C4)ccc(C)c3n2)sc2ccccc12. The molecule has 1 saturated heterocycles. The molecule has 1 aliphatic heterocycles. The maximum Gasteiger partial charge on any atom is 0.336 e. The Bertz CT molecular complexity index is 1410. The van der Waals surface area contributed by atoms with Crippen molar-refractivity contribution in [3.63, 3.8) is 0 Å². The third-order valence-corrected chi connectivity index (χ3v) is 8.49. The Morgan fingerprint density at radius 1 is 1.24 bits per heavy atom. The molecule has 6 rings (SSSR count). The molecule has 1 aliphatic carbocycles. The predicted molar refractivity (Wildman–Crippen MR) is 131 cm³/mol. The molecule has 0 amide bonds. The van der Waals surface area contributed by atoms with Gasteiger partial charge in [-0.05, 0) is 73.7 Å². The first-order chi connectivity index (χ1) is 15.9. The molecule has 3 heterocycles. The molecule has 168 valence electrons. The maximum atomic E-state index is 12.4. The van der Waals surface area contributed by atoms with E-state index < -0.39 is 5.97 Å². The summed E-state index contributed by atoms with van der Waals surface area (Å²) in [6.45, 7) is 5.48. The number of aryl methyl sites for hydroxylation is 2. The molecule has 1 spiro atoms. The van der Waals surface area contributed by atoms with Gasteiger partial charge in [-0.25, -0.2) is 9.78 Å². The van der Waals surface area contributed by atoms with Gasteiger partial charge in [-0.1, -0.05) is 24.3 Å². The highest BCUT2D eigenvalue weighted by Gasteiger charge is 2.50. The van der Waals surface area contributed by atoms with Crippen molar-refractivity contribution in [3.05, 3.63) is 59.2 Å². The molecule has 0 radical (unpaired) electrons. The molecule has 33 heavy (non-hydrogen) atoms. The zero-order valence-electron chi connectivity index (χ0n) is 18.7. The van der Waals surface area contributed by atoms with Gasteiger partial charge >= 0.3 is 5.97 Å². The van der Waals surface area contributed by atoms with Gasteiger partial charge in [0.2, 0.25) is 0 Å². The van der Waals surface area contributed by atoms with Crippen molar-refractivity contribution in [1.29, 1.82) is 0 Å². The zero-order chi connectivity index (χ0) is 22.7. The minimum Gasteiger partial charge on any atom is -0.493 e. The number of rotatable bonds is 5. The monoisotopic (exact) mass is 459 g/mol. The fraction of sp³-hybridized carbons (Fsp3) is 0.333. The molecule has 6 heteroatoms. The largest absolute Gasteiger partial charge is 0.493 e. The standard InChI is InChI=1S/C27H25NO4S/c1-15-7-8-21(31-14-17-12-27(13-17)9-10-32-27)23-19(26(29)30)11-20(28-24(15)23)25-16(2)18-5-3-4-6-22(18)33-25/h3-8,11,17H,9-10,12-14H2,1-2H3,(H,29,30)/t17-,27+. The number of carboxylic acids is 1. The number of pyridine rings is 1. The van der Waals surface area contributed by atoms with E-state index in [1.165, 1.54) is 10.1 Å². The summed E-state index contributed by atoms with van der Waals surface area (Å²) < 4.78 is 13.1. The molecule has 4 aromatic rings. The summed E-state index contributed by atoms with van der Waals surface area (Å²) in [4.78, 5) is 18.3. The minimum atomic E-state index is -0.969. The fourth-order valence-electron chi connectivity index (χ4n) is 5.30. The average Bonchev–Trinajstić information content (AvgIpc) is 3.09. The molecule has 0 unspecified atom stereocenters. The Hall–Kier alpha value is -2.96. The van der Waals surface area contributed by atoms with Crippen molar-refractivity contribution in [2.24, 2.45) is 5.92 Å². The third kappa shape index (κ3) is 3.31. The van der Waals surface area contributed by atoms with E-state index in [0.717, 1.165) is 41.9 Å². The lowest BCUT2D eigenvalue weighted by Gasteiger charge is -2.53. The number of aromatic nitrogens is 1. The molecule has 0 atom stereocenters. The molecular weight excluding hydrogens is 434 g/mol. The van der Waals surface area contributed by atoms with Crippen LogP contribution in [-0.4, -0.2) is 34.9 Å². The fourth-order valence-corrected chi connectivity index (χ4v) is 6.47. The lowest BCUT2D eigenvalue weighted by atomic mass is 9.67. The van der Waals surface area contributed by atoms with Crippen molar-refractivity contribution in [3.8, 4) is 16.3 Å². The molecule has 0 bridgehead atoms. The van der Waals surface area contributed by atoms with Gasteiger partial charge in [-0.15, -0.1) is 11.3 Å². The number of carboxylic acid groups (broad SMARTS) is 1. The van der Waals surface area contributed by atoms with Crippen LogP contribution in [0.5, 0.6) is 5.75 Å². The Balaban J connectivity index is 1.41. The van der Waals surface area contributed by atoms with Crippen LogP contribution in [0.1, 0.15) is 40.7 Å². The topological polar surface area (TPSA) is 68.7 Å². The van der Waals surface area contributed by atoms with E-state index in [0.29, 0.717) is 34.9 Å². The van der Waals surface area contributed by atoms with Crippen LogP contribution in [-0.2, 0) is 4.74 Å². The van der Waals surface area contributed by atoms with Gasteiger partial charge in [0.1, 0.15) is 5.75 Å². The maximum absolute atomic E-state index is 12.4. The van der Waals surface area contributed by atoms with Gasteiger partial charge in [0.05, 0.1) is 45.9 Å². The highest BCUT2D eigenvalue weighted by atomic mass is 32.1. The second-order valence-electron chi connectivity index (χ2n) is 9.38.